The summed E-state index contributed by atoms with van der Waals surface area (Å²) in [6, 6.07) is 13.7. The summed E-state index contributed by atoms with van der Waals surface area (Å²) in [4.78, 5) is 18.9. The summed E-state index contributed by atoms with van der Waals surface area (Å²) in [6.45, 7) is 1.93. The van der Waals surface area contributed by atoms with Crippen molar-refractivity contribution >= 4 is 22.8 Å². The van der Waals surface area contributed by atoms with Crippen LogP contribution in [0.15, 0.2) is 48.5 Å². The van der Waals surface area contributed by atoms with Gasteiger partial charge in [0.05, 0.1) is 11.0 Å². The lowest BCUT2D eigenvalue weighted by atomic mass is 10.3. The van der Waals surface area contributed by atoms with Crippen LogP contribution in [-0.4, -0.2) is 33.6 Å². The molecule has 1 N–H and O–H groups in total. The van der Waals surface area contributed by atoms with Crippen molar-refractivity contribution in [3.8, 4) is 0 Å². The zero-order valence-electron chi connectivity index (χ0n) is 13.1. The van der Waals surface area contributed by atoms with Crippen LogP contribution in [0.25, 0.3) is 11.0 Å². The molecule has 1 aliphatic rings. The second-order valence-electron chi connectivity index (χ2n) is 5.84. The molecule has 0 unspecified atom stereocenters. The maximum atomic E-state index is 12.9. The number of carbonyl (C=O) groups excluding carboxylic acids is 1. The third-order valence-corrected chi connectivity index (χ3v) is 4.32. The molecular formula is C18H17FN4O. The second-order valence-corrected chi connectivity index (χ2v) is 5.84. The zero-order valence-corrected chi connectivity index (χ0v) is 13.1. The number of fused-ring (bicyclic) bond motifs is 3. The van der Waals surface area contributed by atoms with Gasteiger partial charge in [0.1, 0.15) is 11.6 Å². The lowest BCUT2D eigenvalue weighted by Gasteiger charge is -2.20. The minimum atomic E-state index is -0.319. The minimum absolute atomic E-state index is 0.170. The maximum absolute atomic E-state index is 12.9. The smallest absolute Gasteiger partial charge is 0.321 e. The predicted octanol–water partition coefficient (Wildman–Crippen LogP) is 3.27. The number of benzene rings is 2. The number of imidazole rings is 1. The van der Waals surface area contributed by atoms with Crippen LogP contribution in [-0.2, 0) is 13.0 Å². The lowest BCUT2D eigenvalue weighted by Crippen LogP contribution is -2.37. The summed E-state index contributed by atoms with van der Waals surface area (Å²) >= 11 is 0. The van der Waals surface area contributed by atoms with Gasteiger partial charge in [0.25, 0.3) is 0 Å². The number of amides is 2. The van der Waals surface area contributed by atoms with Crippen LogP contribution in [0.4, 0.5) is 14.9 Å². The Kier molecular flexibility index (Phi) is 3.65. The molecule has 2 heterocycles. The average Bonchev–Trinajstić information content (AvgIpc) is 2.81. The first kappa shape index (κ1) is 14.7. The largest absolute Gasteiger partial charge is 0.326 e. The molecule has 0 spiro atoms. The molecule has 0 saturated carbocycles. The molecule has 0 bridgehead atoms. The molecule has 3 aromatic rings. The molecule has 24 heavy (non-hydrogen) atoms. The summed E-state index contributed by atoms with van der Waals surface area (Å²) in [5.41, 5.74) is 2.69. The lowest BCUT2D eigenvalue weighted by molar-refractivity contribution is 0.213. The van der Waals surface area contributed by atoms with Gasteiger partial charge >= 0.3 is 6.03 Å². The van der Waals surface area contributed by atoms with Crippen molar-refractivity contribution in [2.45, 2.75) is 13.0 Å². The number of hydrogen-bond acceptors (Lipinski definition) is 2. The fraction of sp³-hybridized carbons (Fsp3) is 0.222. The van der Waals surface area contributed by atoms with Crippen LogP contribution in [0.3, 0.4) is 0 Å². The van der Waals surface area contributed by atoms with E-state index in [2.05, 4.69) is 20.9 Å². The molecule has 1 aromatic heterocycles. The van der Waals surface area contributed by atoms with Gasteiger partial charge in [0.2, 0.25) is 0 Å². The highest BCUT2D eigenvalue weighted by Crippen LogP contribution is 2.19. The van der Waals surface area contributed by atoms with Crippen molar-refractivity contribution in [1.29, 1.82) is 0 Å². The van der Waals surface area contributed by atoms with E-state index in [0.29, 0.717) is 31.7 Å². The van der Waals surface area contributed by atoms with E-state index in [0.717, 1.165) is 16.9 Å². The first-order valence-corrected chi connectivity index (χ1v) is 7.96. The molecule has 1 aliphatic heterocycles. The number of halogens is 1. The molecule has 0 fully saturated rings. The Bertz CT molecular complexity index is 888. The van der Waals surface area contributed by atoms with Gasteiger partial charge in [-0.15, -0.1) is 0 Å². The molecule has 6 heteroatoms. The number of nitrogens with zero attached hydrogens (tertiary/aromatic N) is 3. The fourth-order valence-corrected chi connectivity index (χ4v) is 3.07. The molecule has 122 valence electrons. The van der Waals surface area contributed by atoms with E-state index in [-0.39, 0.29) is 11.8 Å². The second kappa shape index (κ2) is 5.96. The monoisotopic (exact) mass is 324 g/mol. The Morgan fingerprint density at radius 3 is 2.67 bits per heavy atom. The normalized spacial score (nSPS) is 14.3. The minimum Gasteiger partial charge on any atom is -0.326 e. The molecule has 0 saturated heterocycles. The van der Waals surface area contributed by atoms with E-state index in [4.69, 9.17) is 0 Å². The summed E-state index contributed by atoms with van der Waals surface area (Å²) < 4.78 is 15.1. The number of nitrogens with one attached hydrogen (secondary N) is 1. The first-order chi connectivity index (χ1) is 11.7. The van der Waals surface area contributed by atoms with Crippen molar-refractivity contribution in [3.63, 3.8) is 0 Å². The highest BCUT2D eigenvalue weighted by atomic mass is 19.1. The molecule has 0 radical (unpaired) electrons. The van der Waals surface area contributed by atoms with Gasteiger partial charge in [0, 0.05) is 31.7 Å². The van der Waals surface area contributed by atoms with Crippen LogP contribution in [0, 0.1) is 5.82 Å². The van der Waals surface area contributed by atoms with E-state index in [1.54, 1.807) is 17.0 Å². The summed E-state index contributed by atoms with van der Waals surface area (Å²) in [5.74, 6) is 0.688. The van der Waals surface area contributed by atoms with Crippen LogP contribution >= 0.6 is 0 Å². The van der Waals surface area contributed by atoms with Gasteiger partial charge in [-0.05, 0) is 36.4 Å². The molecular weight excluding hydrogens is 307 g/mol. The van der Waals surface area contributed by atoms with Crippen LogP contribution in [0.2, 0.25) is 0 Å². The number of carbonyl (C=O) groups is 1. The number of rotatable bonds is 1. The molecule has 2 aromatic carbocycles. The van der Waals surface area contributed by atoms with Crippen molar-refractivity contribution in [3.05, 3.63) is 60.2 Å². The van der Waals surface area contributed by atoms with Gasteiger partial charge < -0.3 is 14.8 Å². The van der Waals surface area contributed by atoms with Gasteiger partial charge in [0.15, 0.2) is 0 Å². The van der Waals surface area contributed by atoms with Crippen molar-refractivity contribution < 1.29 is 9.18 Å². The van der Waals surface area contributed by atoms with Crippen molar-refractivity contribution in [1.82, 2.24) is 14.5 Å². The van der Waals surface area contributed by atoms with E-state index in [1.165, 1.54) is 12.1 Å². The van der Waals surface area contributed by atoms with Gasteiger partial charge in [-0.25, -0.2) is 14.2 Å². The van der Waals surface area contributed by atoms with E-state index in [9.17, 15) is 9.18 Å². The first-order valence-electron chi connectivity index (χ1n) is 7.96. The number of para-hydroxylation sites is 2. The average molecular weight is 324 g/mol. The van der Waals surface area contributed by atoms with Gasteiger partial charge in [-0.3, -0.25) is 0 Å². The predicted molar refractivity (Wildman–Crippen MR) is 90.4 cm³/mol. The van der Waals surface area contributed by atoms with E-state index < -0.39 is 0 Å². The van der Waals surface area contributed by atoms with Crippen LogP contribution in [0.5, 0.6) is 0 Å². The standard InChI is InChI=1S/C18H17FN4O/c19-13-5-7-14(8-6-13)20-18(24)22-10-9-17-21-15-3-1-2-4-16(15)23(17)12-11-22/h1-8H,9-12H2,(H,20,24). The van der Waals surface area contributed by atoms with Crippen LogP contribution < -0.4 is 5.32 Å². The van der Waals surface area contributed by atoms with E-state index >= 15 is 0 Å². The Morgan fingerprint density at radius 2 is 1.83 bits per heavy atom. The third-order valence-electron chi connectivity index (χ3n) is 4.32. The Hall–Kier alpha value is -2.89. The summed E-state index contributed by atoms with van der Waals surface area (Å²) in [7, 11) is 0. The van der Waals surface area contributed by atoms with E-state index in [1.807, 2.05) is 18.2 Å². The molecule has 2 amide bonds. The summed E-state index contributed by atoms with van der Waals surface area (Å²) in [5, 5.41) is 2.81. The molecule has 4 rings (SSSR count). The molecule has 5 nitrogen and oxygen atoms in total. The number of hydrogen-bond donors (Lipinski definition) is 1. The molecule has 0 atom stereocenters. The topological polar surface area (TPSA) is 50.2 Å². The molecule has 0 aliphatic carbocycles. The zero-order chi connectivity index (χ0) is 16.5. The van der Waals surface area contributed by atoms with Crippen LogP contribution in [0.1, 0.15) is 5.82 Å². The Labute approximate surface area is 138 Å². The van der Waals surface area contributed by atoms with Crippen molar-refractivity contribution in [2.24, 2.45) is 0 Å². The maximum Gasteiger partial charge on any atom is 0.321 e. The number of aromatic nitrogens is 2. The quantitative estimate of drug-likeness (QED) is 0.747. The Morgan fingerprint density at radius 1 is 1.04 bits per heavy atom. The number of anilines is 1. The Balaban J connectivity index is 1.49. The van der Waals surface area contributed by atoms with Gasteiger partial charge in [-0.1, -0.05) is 12.1 Å². The SMILES string of the molecule is O=C(Nc1ccc(F)cc1)N1CCc2nc3ccccc3n2CC1. The highest BCUT2D eigenvalue weighted by molar-refractivity contribution is 5.89. The van der Waals surface area contributed by atoms with Gasteiger partial charge in [-0.2, -0.15) is 0 Å². The fourth-order valence-electron chi connectivity index (χ4n) is 3.07. The summed E-state index contributed by atoms with van der Waals surface area (Å²) in [6.07, 6.45) is 0.714. The number of urea groups is 1. The third kappa shape index (κ3) is 2.71. The highest BCUT2D eigenvalue weighted by Gasteiger charge is 2.20. The van der Waals surface area contributed by atoms with Crippen molar-refractivity contribution in [2.75, 3.05) is 18.4 Å².